The van der Waals surface area contributed by atoms with Gasteiger partial charge >= 0.3 is 12.0 Å². The molecule has 138 valence electrons. The third kappa shape index (κ3) is 4.73. The van der Waals surface area contributed by atoms with E-state index < -0.39 is 5.97 Å². The zero-order chi connectivity index (χ0) is 19.2. The molecule has 0 aliphatic heterocycles. The lowest BCUT2D eigenvalue weighted by molar-refractivity contribution is -0.136. The summed E-state index contributed by atoms with van der Waals surface area (Å²) in [5, 5.41) is 18.3. The van der Waals surface area contributed by atoms with Crippen LogP contribution in [0.1, 0.15) is 0 Å². The van der Waals surface area contributed by atoms with Crippen molar-refractivity contribution in [2.24, 2.45) is 10.7 Å². The van der Waals surface area contributed by atoms with Gasteiger partial charge in [-0.2, -0.15) is 10.1 Å². The SMILES string of the molecule is C=C(NC(=CC(N)=Nc1nnco1)C(=O)OC)Sc1ccc2[nH]ncc2c1. The van der Waals surface area contributed by atoms with Crippen molar-refractivity contribution < 1.29 is 13.9 Å². The lowest BCUT2D eigenvalue weighted by Crippen LogP contribution is -2.22. The highest BCUT2D eigenvalue weighted by atomic mass is 32.2. The second-order valence-electron chi connectivity index (χ2n) is 5.08. The van der Waals surface area contributed by atoms with Crippen LogP contribution in [-0.2, 0) is 9.53 Å². The number of nitrogens with two attached hydrogens (primary N) is 1. The van der Waals surface area contributed by atoms with Gasteiger partial charge in [0.15, 0.2) is 0 Å². The minimum absolute atomic E-state index is 0.0234. The van der Waals surface area contributed by atoms with E-state index in [0.717, 1.165) is 22.2 Å². The summed E-state index contributed by atoms with van der Waals surface area (Å²) in [6.45, 7) is 3.92. The van der Waals surface area contributed by atoms with Crippen molar-refractivity contribution in [1.29, 1.82) is 0 Å². The summed E-state index contributed by atoms with van der Waals surface area (Å²) >= 11 is 1.33. The Labute approximate surface area is 157 Å². The van der Waals surface area contributed by atoms with E-state index in [0.29, 0.717) is 5.03 Å². The minimum Gasteiger partial charge on any atom is -0.464 e. The molecule has 4 N–H and O–H groups in total. The zero-order valence-electron chi connectivity index (χ0n) is 14.2. The Morgan fingerprint density at radius 3 is 3.11 bits per heavy atom. The Bertz CT molecular complexity index is 1020. The lowest BCUT2D eigenvalue weighted by Gasteiger charge is -2.11. The number of benzene rings is 1. The van der Waals surface area contributed by atoms with Gasteiger partial charge in [0.2, 0.25) is 6.39 Å². The second kappa shape index (κ2) is 8.19. The van der Waals surface area contributed by atoms with Crippen LogP contribution in [0.4, 0.5) is 6.01 Å². The molecule has 1 aromatic carbocycles. The van der Waals surface area contributed by atoms with Crippen LogP contribution in [0.25, 0.3) is 10.9 Å². The summed E-state index contributed by atoms with van der Waals surface area (Å²) in [5.41, 5.74) is 6.77. The van der Waals surface area contributed by atoms with Crippen LogP contribution in [0.3, 0.4) is 0 Å². The van der Waals surface area contributed by atoms with Crippen LogP contribution in [-0.4, -0.2) is 39.3 Å². The average Bonchev–Trinajstić information content (AvgIpc) is 3.31. The van der Waals surface area contributed by atoms with Crippen molar-refractivity contribution in [3.63, 3.8) is 0 Å². The van der Waals surface area contributed by atoms with Gasteiger partial charge in [-0.1, -0.05) is 23.4 Å². The molecule has 0 unspecified atom stereocenters. The van der Waals surface area contributed by atoms with Crippen LogP contribution >= 0.6 is 11.8 Å². The van der Waals surface area contributed by atoms with Crippen molar-refractivity contribution in [3.05, 3.63) is 54.2 Å². The predicted molar refractivity (Wildman–Crippen MR) is 99.9 cm³/mol. The molecule has 0 atom stereocenters. The molecule has 3 aromatic rings. The highest BCUT2D eigenvalue weighted by Gasteiger charge is 2.13. The first-order valence-corrected chi connectivity index (χ1v) is 8.34. The summed E-state index contributed by atoms with van der Waals surface area (Å²) in [6.07, 6.45) is 4.13. The number of fused-ring (bicyclic) bond motifs is 1. The van der Waals surface area contributed by atoms with Gasteiger partial charge in [-0.25, -0.2) is 4.79 Å². The first kappa shape index (κ1) is 18.2. The van der Waals surface area contributed by atoms with E-state index in [2.05, 4.69) is 37.3 Å². The number of carbonyl (C=O) groups is 1. The van der Waals surface area contributed by atoms with Crippen LogP contribution in [0.2, 0.25) is 0 Å². The molecule has 2 heterocycles. The van der Waals surface area contributed by atoms with Gasteiger partial charge in [-0.15, -0.1) is 5.10 Å². The van der Waals surface area contributed by atoms with Crippen molar-refractivity contribution in [2.45, 2.75) is 4.90 Å². The molecule has 0 radical (unpaired) electrons. The van der Waals surface area contributed by atoms with Gasteiger partial charge in [0.1, 0.15) is 11.5 Å². The van der Waals surface area contributed by atoms with Gasteiger partial charge in [-0.05, 0) is 18.2 Å². The number of ether oxygens (including phenoxy) is 1. The van der Waals surface area contributed by atoms with Gasteiger partial charge in [0, 0.05) is 16.4 Å². The van der Waals surface area contributed by atoms with E-state index in [-0.39, 0.29) is 17.5 Å². The molecule has 0 saturated heterocycles. The molecule has 0 amide bonds. The number of thioether (sulfide) groups is 1. The highest BCUT2D eigenvalue weighted by Crippen LogP contribution is 2.27. The fraction of sp³-hybridized carbons (Fsp3) is 0.0625. The zero-order valence-corrected chi connectivity index (χ0v) is 15.0. The van der Waals surface area contributed by atoms with Crippen molar-refractivity contribution in [2.75, 3.05) is 7.11 Å². The summed E-state index contributed by atoms with van der Waals surface area (Å²) in [4.78, 5) is 16.8. The lowest BCUT2D eigenvalue weighted by atomic mass is 10.3. The molecule has 3 rings (SSSR count). The van der Waals surface area contributed by atoms with Crippen molar-refractivity contribution >= 4 is 40.5 Å². The van der Waals surface area contributed by atoms with E-state index in [1.807, 2.05) is 18.2 Å². The highest BCUT2D eigenvalue weighted by molar-refractivity contribution is 8.03. The first-order valence-electron chi connectivity index (χ1n) is 7.52. The average molecular weight is 385 g/mol. The molecule has 0 fully saturated rings. The molecule has 0 spiro atoms. The fourth-order valence-electron chi connectivity index (χ4n) is 2.06. The summed E-state index contributed by atoms with van der Waals surface area (Å²) in [6, 6.07) is 5.73. The van der Waals surface area contributed by atoms with Gasteiger partial charge in [-0.3, -0.25) is 5.10 Å². The quantitative estimate of drug-likeness (QED) is 0.182. The molecular weight excluding hydrogens is 370 g/mol. The summed E-state index contributed by atoms with van der Waals surface area (Å²) in [7, 11) is 1.26. The van der Waals surface area contributed by atoms with Gasteiger partial charge in [0.05, 0.1) is 23.9 Å². The number of H-pyrrole nitrogens is 1. The standard InChI is InChI=1S/C16H15N7O3S/c1-9(27-11-3-4-12-10(5-11)7-18-22-12)20-13(15(24)25-2)6-14(17)21-16-23-19-8-26-16/h3-8,20H,1H2,2H3,(H,18,22)(H2,17,21,23). The Morgan fingerprint density at radius 2 is 2.37 bits per heavy atom. The van der Waals surface area contributed by atoms with E-state index in [1.165, 1.54) is 24.9 Å². The number of aliphatic imine (C=N–C) groups is 1. The van der Waals surface area contributed by atoms with Crippen LogP contribution < -0.4 is 11.1 Å². The predicted octanol–water partition coefficient (Wildman–Crippen LogP) is 1.84. The molecule has 10 nitrogen and oxygen atoms in total. The van der Waals surface area contributed by atoms with Crippen molar-refractivity contribution in [1.82, 2.24) is 25.7 Å². The number of methoxy groups -OCH3 is 1. The maximum absolute atomic E-state index is 12.0. The molecular formula is C16H15N7O3S. The number of esters is 1. The third-order valence-corrected chi connectivity index (χ3v) is 4.04. The Hall–Kier alpha value is -3.60. The van der Waals surface area contributed by atoms with E-state index >= 15 is 0 Å². The monoisotopic (exact) mass is 385 g/mol. The Kier molecular flexibility index (Phi) is 5.52. The van der Waals surface area contributed by atoms with Crippen LogP contribution in [0, 0.1) is 0 Å². The number of hydrogen-bond donors (Lipinski definition) is 3. The third-order valence-electron chi connectivity index (χ3n) is 3.20. The minimum atomic E-state index is -0.634. The fourth-order valence-corrected chi connectivity index (χ4v) is 2.83. The molecule has 0 saturated carbocycles. The first-order chi connectivity index (χ1) is 13.0. The Balaban J connectivity index is 1.74. The number of nitrogens with one attached hydrogen (secondary N) is 2. The molecule has 0 bridgehead atoms. The van der Waals surface area contributed by atoms with Crippen molar-refractivity contribution in [3.8, 4) is 0 Å². The van der Waals surface area contributed by atoms with Gasteiger partial charge < -0.3 is 20.2 Å². The van der Waals surface area contributed by atoms with Gasteiger partial charge in [0.25, 0.3) is 0 Å². The van der Waals surface area contributed by atoms with E-state index in [1.54, 1.807) is 6.20 Å². The normalized spacial score (nSPS) is 12.2. The molecule has 0 aliphatic rings. The second-order valence-corrected chi connectivity index (χ2v) is 6.25. The van der Waals surface area contributed by atoms with E-state index in [9.17, 15) is 4.79 Å². The number of nitrogens with zero attached hydrogens (tertiary/aromatic N) is 4. The summed E-state index contributed by atoms with van der Waals surface area (Å²) < 4.78 is 9.63. The maximum Gasteiger partial charge on any atom is 0.354 e. The Morgan fingerprint density at radius 1 is 1.52 bits per heavy atom. The number of rotatable bonds is 7. The number of aromatic amines is 1. The largest absolute Gasteiger partial charge is 0.464 e. The summed E-state index contributed by atoms with van der Waals surface area (Å²) in [5.74, 6) is -0.657. The van der Waals surface area contributed by atoms with Crippen LogP contribution in [0.15, 0.2) is 68.5 Å². The molecule has 0 aliphatic carbocycles. The molecule has 11 heteroatoms. The maximum atomic E-state index is 12.0. The smallest absolute Gasteiger partial charge is 0.354 e. The molecule has 27 heavy (non-hydrogen) atoms. The number of carbonyl (C=O) groups excluding carboxylic acids is 1. The number of amidine groups is 1. The number of hydrogen-bond acceptors (Lipinski definition) is 9. The number of aromatic nitrogens is 4. The van der Waals surface area contributed by atoms with E-state index in [4.69, 9.17) is 14.9 Å². The topological polar surface area (TPSA) is 144 Å². The van der Waals surface area contributed by atoms with Crippen LogP contribution in [0.5, 0.6) is 0 Å². The molecule has 2 aromatic heterocycles.